The number of rotatable bonds is 7. The molecule has 1 saturated carbocycles. The van der Waals surface area contributed by atoms with Crippen molar-refractivity contribution in [1.82, 2.24) is 15.5 Å². The fraction of sp³-hybridized carbons (Fsp3) is 0.160. The predicted octanol–water partition coefficient (Wildman–Crippen LogP) is 5.99. The molecular formula is C25H26Cl2N4O2. The number of phenols is 2. The molecule has 5 rings (SSSR count). The standard InChI is InChI=1S/C25H24N4O2.2ClH/c30-21-11-12-22(24(31)13-21)17-3-5-18(6-4-17)23-14-25(29-28-23)27-20-7-1-16(2-8-20)15-26-19-9-10-19;;/h1-8,11-14,19,26,30-31H,9-10,15H2,(H2,27,28,29);2*1H. The van der Waals surface area contributed by atoms with Crippen molar-refractivity contribution in [2.24, 2.45) is 0 Å². The zero-order valence-corrected chi connectivity index (χ0v) is 19.4. The first-order valence-electron chi connectivity index (χ1n) is 10.4. The molecule has 0 radical (unpaired) electrons. The van der Waals surface area contributed by atoms with Gasteiger partial charge in [0, 0.05) is 36.0 Å². The minimum atomic E-state index is 0. The van der Waals surface area contributed by atoms with Gasteiger partial charge in [0.15, 0.2) is 5.82 Å². The Morgan fingerprint density at radius 2 is 1.55 bits per heavy atom. The Kier molecular flexibility index (Phi) is 7.87. The number of aromatic amines is 1. The molecule has 0 saturated heterocycles. The van der Waals surface area contributed by atoms with Crippen LogP contribution in [0.1, 0.15) is 18.4 Å². The van der Waals surface area contributed by atoms with Crippen LogP contribution >= 0.6 is 24.8 Å². The summed E-state index contributed by atoms with van der Waals surface area (Å²) < 4.78 is 0. The molecule has 4 aromatic rings. The van der Waals surface area contributed by atoms with Gasteiger partial charge < -0.3 is 20.8 Å². The van der Waals surface area contributed by atoms with Crippen LogP contribution < -0.4 is 10.6 Å². The molecule has 0 bridgehead atoms. The van der Waals surface area contributed by atoms with Crippen LogP contribution in [0.2, 0.25) is 0 Å². The van der Waals surface area contributed by atoms with E-state index in [4.69, 9.17) is 0 Å². The highest BCUT2D eigenvalue weighted by molar-refractivity contribution is 5.85. The SMILES string of the molecule is Cl.Cl.Oc1ccc(-c2ccc(-c3cc(Nc4ccc(CNC5CC5)cc4)n[nH]3)cc2)c(O)c1. The third kappa shape index (κ3) is 5.99. The van der Waals surface area contributed by atoms with E-state index in [2.05, 4.69) is 45.1 Å². The first-order valence-corrected chi connectivity index (χ1v) is 10.4. The molecule has 0 atom stereocenters. The number of H-pyrrole nitrogens is 1. The topological polar surface area (TPSA) is 93.2 Å². The van der Waals surface area contributed by atoms with Gasteiger partial charge in [0.05, 0.1) is 5.69 Å². The van der Waals surface area contributed by atoms with Crippen LogP contribution in [0, 0.1) is 0 Å². The maximum Gasteiger partial charge on any atom is 0.152 e. The molecule has 33 heavy (non-hydrogen) atoms. The lowest BCUT2D eigenvalue weighted by atomic mass is 10.0. The third-order valence-corrected chi connectivity index (χ3v) is 5.46. The molecule has 1 aromatic heterocycles. The molecule has 5 N–H and O–H groups in total. The van der Waals surface area contributed by atoms with Gasteiger partial charge in [-0.25, -0.2) is 0 Å². The van der Waals surface area contributed by atoms with Gasteiger partial charge in [-0.15, -0.1) is 24.8 Å². The highest BCUT2D eigenvalue weighted by Gasteiger charge is 2.19. The van der Waals surface area contributed by atoms with Crippen molar-refractivity contribution in [2.45, 2.75) is 25.4 Å². The molecule has 0 amide bonds. The number of hydrogen-bond donors (Lipinski definition) is 5. The zero-order chi connectivity index (χ0) is 21.2. The Hall–Kier alpha value is -3.19. The maximum absolute atomic E-state index is 10.1. The third-order valence-electron chi connectivity index (χ3n) is 5.46. The molecule has 0 unspecified atom stereocenters. The summed E-state index contributed by atoms with van der Waals surface area (Å²) in [5.41, 5.74) is 5.70. The fourth-order valence-corrected chi connectivity index (χ4v) is 3.53. The summed E-state index contributed by atoms with van der Waals surface area (Å²) in [6, 6.07) is 23.5. The molecule has 8 heteroatoms. The number of nitrogens with one attached hydrogen (secondary N) is 3. The summed E-state index contributed by atoms with van der Waals surface area (Å²) in [6.45, 7) is 0.912. The van der Waals surface area contributed by atoms with Crippen LogP contribution in [0.3, 0.4) is 0 Å². The minimum absolute atomic E-state index is 0. The van der Waals surface area contributed by atoms with E-state index in [-0.39, 0.29) is 36.3 Å². The Labute approximate surface area is 204 Å². The van der Waals surface area contributed by atoms with E-state index < -0.39 is 0 Å². The van der Waals surface area contributed by atoms with E-state index in [0.29, 0.717) is 11.6 Å². The normalized spacial score (nSPS) is 12.5. The van der Waals surface area contributed by atoms with Crippen molar-refractivity contribution in [3.63, 3.8) is 0 Å². The van der Waals surface area contributed by atoms with Crippen molar-refractivity contribution in [1.29, 1.82) is 0 Å². The van der Waals surface area contributed by atoms with E-state index in [1.165, 1.54) is 24.5 Å². The second-order valence-corrected chi connectivity index (χ2v) is 7.92. The summed E-state index contributed by atoms with van der Waals surface area (Å²) in [5, 5.41) is 33.8. The molecule has 1 aliphatic rings. The average Bonchev–Trinajstić information content (AvgIpc) is 3.50. The van der Waals surface area contributed by atoms with E-state index in [0.717, 1.165) is 34.9 Å². The number of anilines is 2. The lowest BCUT2D eigenvalue weighted by Gasteiger charge is -2.06. The van der Waals surface area contributed by atoms with E-state index in [9.17, 15) is 10.2 Å². The van der Waals surface area contributed by atoms with Gasteiger partial charge in [-0.3, -0.25) is 5.10 Å². The van der Waals surface area contributed by atoms with Crippen molar-refractivity contribution in [3.8, 4) is 33.9 Å². The first-order chi connectivity index (χ1) is 15.1. The second kappa shape index (κ2) is 10.6. The van der Waals surface area contributed by atoms with Crippen LogP contribution in [0.4, 0.5) is 11.5 Å². The Bertz CT molecular complexity index is 1190. The minimum Gasteiger partial charge on any atom is -0.508 e. The van der Waals surface area contributed by atoms with Gasteiger partial charge in [-0.1, -0.05) is 36.4 Å². The number of nitrogens with zero attached hydrogens (tertiary/aromatic N) is 1. The number of aromatic nitrogens is 2. The molecule has 1 aliphatic carbocycles. The van der Waals surface area contributed by atoms with E-state index in [1.807, 2.05) is 30.3 Å². The predicted molar refractivity (Wildman–Crippen MR) is 137 cm³/mol. The lowest BCUT2D eigenvalue weighted by Crippen LogP contribution is -2.15. The van der Waals surface area contributed by atoms with E-state index in [1.54, 1.807) is 12.1 Å². The van der Waals surface area contributed by atoms with Crippen molar-refractivity contribution in [2.75, 3.05) is 5.32 Å². The molecule has 3 aromatic carbocycles. The monoisotopic (exact) mass is 484 g/mol. The highest BCUT2D eigenvalue weighted by Crippen LogP contribution is 2.33. The summed E-state index contributed by atoms with van der Waals surface area (Å²) in [5.74, 6) is 0.842. The summed E-state index contributed by atoms with van der Waals surface area (Å²) in [7, 11) is 0. The number of benzene rings is 3. The van der Waals surface area contributed by atoms with Gasteiger partial charge in [0.2, 0.25) is 0 Å². The van der Waals surface area contributed by atoms with Crippen molar-refractivity contribution in [3.05, 3.63) is 78.4 Å². The zero-order valence-electron chi connectivity index (χ0n) is 17.8. The number of halogens is 2. The Morgan fingerprint density at radius 1 is 0.848 bits per heavy atom. The maximum atomic E-state index is 10.1. The van der Waals surface area contributed by atoms with Gasteiger partial charge >= 0.3 is 0 Å². The van der Waals surface area contributed by atoms with Gasteiger partial charge in [0.1, 0.15) is 11.5 Å². The van der Waals surface area contributed by atoms with Crippen LogP contribution in [0.5, 0.6) is 11.5 Å². The highest BCUT2D eigenvalue weighted by atomic mass is 35.5. The average molecular weight is 485 g/mol. The van der Waals surface area contributed by atoms with Gasteiger partial charge in [0.25, 0.3) is 0 Å². The van der Waals surface area contributed by atoms with Gasteiger partial charge in [-0.05, 0) is 53.8 Å². The number of phenolic OH excluding ortho intramolecular Hbond substituents is 2. The summed E-state index contributed by atoms with van der Waals surface area (Å²) in [6.07, 6.45) is 2.59. The molecular weight excluding hydrogens is 459 g/mol. The van der Waals surface area contributed by atoms with Crippen LogP contribution in [0.15, 0.2) is 72.8 Å². The van der Waals surface area contributed by atoms with Crippen molar-refractivity contribution < 1.29 is 10.2 Å². The summed E-state index contributed by atoms with van der Waals surface area (Å²) >= 11 is 0. The second-order valence-electron chi connectivity index (χ2n) is 7.92. The number of aromatic hydroxyl groups is 2. The fourth-order valence-electron chi connectivity index (χ4n) is 3.53. The first kappa shape index (κ1) is 24.5. The molecule has 1 heterocycles. The molecule has 6 nitrogen and oxygen atoms in total. The Balaban J connectivity index is 0.00000153. The molecule has 0 spiro atoms. The number of hydrogen-bond acceptors (Lipinski definition) is 5. The quantitative estimate of drug-likeness (QED) is 0.222. The van der Waals surface area contributed by atoms with E-state index >= 15 is 0 Å². The largest absolute Gasteiger partial charge is 0.508 e. The summed E-state index contributed by atoms with van der Waals surface area (Å²) in [4.78, 5) is 0. The van der Waals surface area contributed by atoms with Crippen LogP contribution in [-0.2, 0) is 6.54 Å². The van der Waals surface area contributed by atoms with Gasteiger partial charge in [-0.2, -0.15) is 5.10 Å². The van der Waals surface area contributed by atoms with Crippen LogP contribution in [0.25, 0.3) is 22.4 Å². The Morgan fingerprint density at radius 3 is 2.21 bits per heavy atom. The van der Waals surface area contributed by atoms with Crippen LogP contribution in [-0.4, -0.2) is 26.5 Å². The molecule has 0 aliphatic heterocycles. The molecule has 172 valence electrons. The smallest absolute Gasteiger partial charge is 0.152 e. The molecule has 1 fully saturated rings. The van der Waals surface area contributed by atoms with Crippen molar-refractivity contribution >= 4 is 36.3 Å². The lowest BCUT2D eigenvalue weighted by molar-refractivity contribution is 0.452.